The average molecular weight is 424 g/mol. The van der Waals surface area contributed by atoms with E-state index in [-0.39, 0.29) is 35.9 Å². The Balaban J connectivity index is 1.34. The molecule has 31 heavy (non-hydrogen) atoms. The van der Waals surface area contributed by atoms with Crippen molar-refractivity contribution in [1.82, 2.24) is 5.32 Å². The molecule has 0 bridgehead atoms. The summed E-state index contributed by atoms with van der Waals surface area (Å²) in [6, 6.07) is 16.6. The van der Waals surface area contributed by atoms with Crippen LogP contribution in [-0.4, -0.2) is 43.2 Å². The molecule has 2 heterocycles. The van der Waals surface area contributed by atoms with Crippen molar-refractivity contribution in [2.45, 2.75) is 44.9 Å². The van der Waals surface area contributed by atoms with Gasteiger partial charge < -0.3 is 19.5 Å². The summed E-state index contributed by atoms with van der Waals surface area (Å²) in [5, 5.41) is 3.03. The lowest BCUT2D eigenvalue weighted by Crippen LogP contribution is -2.44. The van der Waals surface area contributed by atoms with Gasteiger partial charge in [-0.15, -0.1) is 0 Å². The van der Waals surface area contributed by atoms with Crippen LogP contribution in [0.15, 0.2) is 54.6 Å². The minimum absolute atomic E-state index is 0.0163. The maximum absolute atomic E-state index is 12.9. The molecule has 0 aliphatic carbocycles. The molecule has 6 nitrogen and oxygen atoms in total. The van der Waals surface area contributed by atoms with Gasteiger partial charge in [0.15, 0.2) is 5.78 Å². The van der Waals surface area contributed by atoms with Crippen LogP contribution in [-0.2, 0) is 14.3 Å². The normalized spacial score (nSPS) is 24.7. The number of fused-ring (bicyclic) bond motifs is 1. The van der Waals surface area contributed by atoms with E-state index < -0.39 is 0 Å². The summed E-state index contributed by atoms with van der Waals surface area (Å²) in [6.45, 7) is 4.91. The maximum atomic E-state index is 12.9. The molecule has 2 fully saturated rings. The largest absolute Gasteiger partial charge is 0.457 e. The van der Waals surface area contributed by atoms with Crippen molar-refractivity contribution in [3.05, 3.63) is 60.2 Å². The van der Waals surface area contributed by atoms with E-state index in [1.54, 1.807) is 12.1 Å². The molecule has 0 aromatic heterocycles. The zero-order chi connectivity index (χ0) is 21.8. The van der Waals surface area contributed by atoms with Crippen LogP contribution in [0.4, 0.5) is 0 Å². The molecule has 0 spiro atoms. The van der Waals surface area contributed by atoms with Gasteiger partial charge in [0.25, 0.3) is 0 Å². The molecule has 0 radical (unpaired) electrons. The van der Waals surface area contributed by atoms with Gasteiger partial charge >= 0.3 is 0 Å². The van der Waals surface area contributed by atoms with Crippen molar-refractivity contribution in [2.75, 3.05) is 13.2 Å². The molecule has 1 N–H and O–H groups in total. The van der Waals surface area contributed by atoms with E-state index in [0.717, 1.165) is 5.75 Å². The van der Waals surface area contributed by atoms with Crippen molar-refractivity contribution in [3.63, 3.8) is 0 Å². The standard InChI is InChI=1S/C25H29NO5/c1-16(2)11-23(28)26-21-15-30-24-18(14-29-25(21)24)13-22(27)17-7-6-10-20(12-17)31-19-8-4-3-5-9-19/h3-10,12,16,18,21,24-25H,11,13-15H2,1-2H3,(H,26,28). The number of nitrogens with one attached hydrogen (secondary N) is 1. The van der Waals surface area contributed by atoms with Gasteiger partial charge in [0.05, 0.1) is 25.4 Å². The van der Waals surface area contributed by atoms with E-state index in [4.69, 9.17) is 14.2 Å². The van der Waals surface area contributed by atoms with Crippen LogP contribution < -0.4 is 10.1 Å². The first-order chi connectivity index (χ1) is 15.0. The minimum atomic E-state index is -0.193. The van der Waals surface area contributed by atoms with Crippen molar-refractivity contribution >= 4 is 11.7 Å². The molecule has 4 rings (SSSR count). The lowest BCUT2D eigenvalue weighted by molar-refractivity contribution is -0.123. The van der Waals surface area contributed by atoms with Crippen LogP contribution >= 0.6 is 0 Å². The number of Topliss-reactive ketones (excluding diaryl/α,β-unsaturated/α-hetero) is 1. The SMILES string of the molecule is CC(C)CC(=O)NC1COC2C(CC(=O)c3cccc(Oc4ccccc4)c3)COC12. The van der Waals surface area contributed by atoms with E-state index in [1.165, 1.54) is 0 Å². The number of hydrogen-bond donors (Lipinski definition) is 1. The Morgan fingerprint density at radius 3 is 2.52 bits per heavy atom. The Bertz CT molecular complexity index is 913. The number of carbonyl (C=O) groups is 2. The molecular formula is C25H29NO5. The number of carbonyl (C=O) groups excluding carboxylic acids is 2. The molecule has 1 amide bonds. The Morgan fingerprint density at radius 1 is 1.00 bits per heavy atom. The molecule has 2 aromatic carbocycles. The van der Waals surface area contributed by atoms with Gasteiger partial charge in [-0.2, -0.15) is 0 Å². The summed E-state index contributed by atoms with van der Waals surface area (Å²) in [5.41, 5.74) is 0.608. The van der Waals surface area contributed by atoms with Crippen LogP contribution in [0.3, 0.4) is 0 Å². The van der Waals surface area contributed by atoms with Crippen LogP contribution in [0.2, 0.25) is 0 Å². The summed E-state index contributed by atoms with van der Waals surface area (Å²) < 4.78 is 17.7. The summed E-state index contributed by atoms with van der Waals surface area (Å²) in [5.74, 6) is 1.68. The number of ether oxygens (including phenoxy) is 3. The zero-order valence-electron chi connectivity index (χ0n) is 18.0. The Labute approximate surface area is 182 Å². The summed E-state index contributed by atoms with van der Waals surface area (Å²) in [4.78, 5) is 25.1. The van der Waals surface area contributed by atoms with Crippen molar-refractivity contribution in [3.8, 4) is 11.5 Å². The number of amides is 1. The molecule has 6 heteroatoms. The molecule has 4 atom stereocenters. The number of benzene rings is 2. The third kappa shape index (κ3) is 5.32. The lowest BCUT2D eigenvalue weighted by Gasteiger charge is -2.18. The molecule has 0 saturated carbocycles. The number of ketones is 1. The fourth-order valence-corrected chi connectivity index (χ4v) is 4.23. The predicted molar refractivity (Wildman–Crippen MR) is 116 cm³/mol. The number of rotatable bonds is 8. The fraction of sp³-hybridized carbons (Fsp3) is 0.440. The van der Waals surface area contributed by atoms with E-state index in [1.807, 2.05) is 56.3 Å². The highest BCUT2D eigenvalue weighted by Crippen LogP contribution is 2.34. The zero-order valence-corrected chi connectivity index (χ0v) is 18.0. The average Bonchev–Trinajstić information content (AvgIpc) is 3.32. The van der Waals surface area contributed by atoms with Crippen molar-refractivity contribution in [2.24, 2.45) is 11.8 Å². The van der Waals surface area contributed by atoms with E-state index in [9.17, 15) is 9.59 Å². The lowest BCUT2D eigenvalue weighted by atomic mass is 9.92. The molecule has 4 unspecified atom stereocenters. The minimum Gasteiger partial charge on any atom is -0.457 e. The first-order valence-corrected chi connectivity index (χ1v) is 10.9. The van der Waals surface area contributed by atoms with E-state index in [0.29, 0.717) is 43.3 Å². The van der Waals surface area contributed by atoms with Crippen molar-refractivity contribution in [1.29, 1.82) is 0 Å². The Kier molecular flexibility index (Phi) is 6.68. The van der Waals surface area contributed by atoms with Crippen LogP contribution in [0.5, 0.6) is 11.5 Å². The second-order valence-corrected chi connectivity index (χ2v) is 8.70. The molecule has 2 aliphatic heterocycles. The summed E-state index contributed by atoms with van der Waals surface area (Å²) >= 11 is 0. The molecular weight excluding hydrogens is 394 g/mol. The van der Waals surface area contributed by atoms with Crippen LogP contribution in [0.1, 0.15) is 37.0 Å². The van der Waals surface area contributed by atoms with Gasteiger partial charge in [-0.1, -0.05) is 44.2 Å². The van der Waals surface area contributed by atoms with Gasteiger partial charge in [-0.05, 0) is 30.2 Å². The van der Waals surface area contributed by atoms with Gasteiger partial charge in [-0.3, -0.25) is 9.59 Å². The quantitative estimate of drug-likeness (QED) is 0.650. The molecule has 2 aliphatic rings. The third-order valence-corrected chi connectivity index (χ3v) is 5.68. The van der Waals surface area contributed by atoms with Crippen molar-refractivity contribution < 1.29 is 23.8 Å². The maximum Gasteiger partial charge on any atom is 0.220 e. The number of para-hydroxylation sites is 1. The van der Waals surface area contributed by atoms with Crippen LogP contribution in [0.25, 0.3) is 0 Å². The summed E-state index contributed by atoms with van der Waals surface area (Å²) in [7, 11) is 0. The van der Waals surface area contributed by atoms with Gasteiger partial charge in [0.2, 0.25) is 5.91 Å². The predicted octanol–water partition coefficient (Wildman–Crippen LogP) is 4.00. The second kappa shape index (κ2) is 9.62. The smallest absolute Gasteiger partial charge is 0.220 e. The van der Waals surface area contributed by atoms with Gasteiger partial charge in [-0.25, -0.2) is 0 Å². The van der Waals surface area contributed by atoms with Gasteiger partial charge in [0.1, 0.15) is 17.6 Å². The highest BCUT2D eigenvalue weighted by molar-refractivity contribution is 5.96. The number of hydrogen-bond acceptors (Lipinski definition) is 5. The first kappa shape index (κ1) is 21.5. The van der Waals surface area contributed by atoms with E-state index in [2.05, 4.69) is 5.32 Å². The fourth-order valence-electron chi connectivity index (χ4n) is 4.23. The Morgan fingerprint density at radius 2 is 1.74 bits per heavy atom. The molecule has 164 valence electrons. The highest BCUT2D eigenvalue weighted by atomic mass is 16.6. The third-order valence-electron chi connectivity index (χ3n) is 5.68. The Hall–Kier alpha value is -2.70. The molecule has 2 saturated heterocycles. The summed E-state index contributed by atoms with van der Waals surface area (Å²) in [6.07, 6.45) is 0.457. The first-order valence-electron chi connectivity index (χ1n) is 10.9. The topological polar surface area (TPSA) is 73.9 Å². The monoisotopic (exact) mass is 423 g/mol. The van der Waals surface area contributed by atoms with E-state index >= 15 is 0 Å². The molecule has 2 aromatic rings. The van der Waals surface area contributed by atoms with Gasteiger partial charge in [0, 0.05) is 24.3 Å². The second-order valence-electron chi connectivity index (χ2n) is 8.70. The van der Waals surface area contributed by atoms with Crippen LogP contribution in [0, 0.1) is 11.8 Å². The highest BCUT2D eigenvalue weighted by Gasteiger charge is 2.48.